The first-order valence-corrected chi connectivity index (χ1v) is 7.11. The van der Waals surface area contributed by atoms with Crippen molar-refractivity contribution >= 4 is 27.8 Å². The zero-order chi connectivity index (χ0) is 14.7. The molecule has 0 unspecified atom stereocenters. The summed E-state index contributed by atoms with van der Waals surface area (Å²) in [4.78, 5) is 16.2. The topological polar surface area (TPSA) is 60.1 Å². The van der Waals surface area contributed by atoms with Gasteiger partial charge in [-0.25, -0.2) is 4.98 Å². The number of imidazole rings is 1. The predicted molar refractivity (Wildman–Crippen MR) is 82.1 cm³/mol. The Morgan fingerprint density at radius 1 is 1.29 bits per heavy atom. The van der Waals surface area contributed by atoms with Crippen molar-refractivity contribution in [3.05, 3.63) is 70.9 Å². The Kier molecular flexibility index (Phi) is 3.87. The quantitative estimate of drug-likeness (QED) is 0.786. The number of amides is 1. The monoisotopic (exact) mass is 345 g/mol. The minimum atomic E-state index is -0.244. The van der Waals surface area contributed by atoms with Crippen LogP contribution in [0.5, 0.6) is 0 Å². The van der Waals surface area contributed by atoms with E-state index in [1.807, 2.05) is 35.0 Å². The van der Waals surface area contributed by atoms with Gasteiger partial charge in [-0.2, -0.15) is 0 Å². The Hall–Kier alpha value is -2.34. The highest BCUT2D eigenvalue weighted by molar-refractivity contribution is 9.10. The Morgan fingerprint density at radius 3 is 2.81 bits per heavy atom. The van der Waals surface area contributed by atoms with Crippen molar-refractivity contribution in [3.63, 3.8) is 0 Å². The molecule has 2 aromatic heterocycles. The lowest BCUT2D eigenvalue weighted by molar-refractivity contribution is 0.102. The van der Waals surface area contributed by atoms with E-state index in [2.05, 4.69) is 26.2 Å². The number of aromatic nitrogens is 2. The van der Waals surface area contributed by atoms with Gasteiger partial charge in [0.2, 0.25) is 5.95 Å². The van der Waals surface area contributed by atoms with Crippen molar-refractivity contribution in [2.45, 2.75) is 6.54 Å². The zero-order valence-electron chi connectivity index (χ0n) is 11.0. The second kappa shape index (κ2) is 5.97. The number of furan rings is 1. The van der Waals surface area contributed by atoms with Gasteiger partial charge in [0.1, 0.15) is 6.26 Å². The molecule has 106 valence electrons. The molecule has 3 rings (SSSR count). The Morgan fingerprint density at radius 2 is 2.10 bits per heavy atom. The van der Waals surface area contributed by atoms with Crippen molar-refractivity contribution in [1.29, 1.82) is 0 Å². The number of hydrogen-bond acceptors (Lipinski definition) is 3. The van der Waals surface area contributed by atoms with Crippen LogP contribution in [0.2, 0.25) is 0 Å². The molecule has 0 fully saturated rings. The van der Waals surface area contributed by atoms with Crippen molar-refractivity contribution in [1.82, 2.24) is 9.55 Å². The minimum absolute atomic E-state index is 0.244. The number of nitrogens with zero attached hydrogens (tertiary/aromatic N) is 2. The number of carbonyl (C=O) groups is 1. The third-order valence-corrected chi connectivity index (χ3v) is 3.52. The van der Waals surface area contributed by atoms with Crippen LogP contribution in [0.4, 0.5) is 5.95 Å². The summed E-state index contributed by atoms with van der Waals surface area (Å²) in [5, 5.41) is 2.77. The number of benzene rings is 1. The van der Waals surface area contributed by atoms with Gasteiger partial charge >= 0.3 is 0 Å². The second-order valence-corrected chi connectivity index (χ2v) is 5.39. The lowest BCUT2D eigenvalue weighted by atomic mass is 10.2. The minimum Gasteiger partial charge on any atom is -0.472 e. The van der Waals surface area contributed by atoms with Crippen LogP contribution in [0, 0.1) is 0 Å². The highest BCUT2D eigenvalue weighted by atomic mass is 79.9. The number of hydrogen-bond donors (Lipinski definition) is 1. The SMILES string of the molecule is O=C(Nc1nccn1Cc1ccc(Br)cc1)c1ccoc1. The molecule has 0 saturated heterocycles. The fraction of sp³-hybridized carbons (Fsp3) is 0.0667. The van der Waals surface area contributed by atoms with E-state index in [0.29, 0.717) is 18.1 Å². The van der Waals surface area contributed by atoms with Crippen molar-refractivity contribution in [2.24, 2.45) is 0 Å². The van der Waals surface area contributed by atoms with Crippen LogP contribution in [0.3, 0.4) is 0 Å². The first kappa shape index (κ1) is 13.6. The summed E-state index contributed by atoms with van der Waals surface area (Å²) in [6, 6.07) is 9.61. The highest BCUT2D eigenvalue weighted by Crippen LogP contribution is 2.14. The average molecular weight is 346 g/mol. The first-order valence-electron chi connectivity index (χ1n) is 6.31. The van der Waals surface area contributed by atoms with Crippen LogP contribution in [-0.4, -0.2) is 15.5 Å². The maximum Gasteiger partial charge on any atom is 0.261 e. The fourth-order valence-corrected chi connectivity index (χ4v) is 2.18. The van der Waals surface area contributed by atoms with E-state index < -0.39 is 0 Å². The van der Waals surface area contributed by atoms with E-state index in [0.717, 1.165) is 10.0 Å². The van der Waals surface area contributed by atoms with Crippen molar-refractivity contribution < 1.29 is 9.21 Å². The molecule has 0 spiro atoms. The van der Waals surface area contributed by atoms with Crippen LogP contribution < -0.4 is 5.32 Å². The Balaban J connectivity index is 1.75. The van der Waals surface area contributed by atoms with Crippen LogP contribution in [0.25, 0.3) is 0 Å². The van der Waals surface area contributed by atoms with Gasteiger partial charge in [-0.15, -0.1) is 0 Å². The standard InChI is InChI=1S/C15H12BrN3O2/c16-13-3-1-11(2-4-13)9-19-7-6-17-15(19)18-14(20)12-5-8-21-10-12/h1-8,10H,9H2,(H,17,18,20). The van der Waals surface area contributed by atoms with E-state index >= 15 is 0 Å². The average Bonchev–Trinajstić information content (AvgIpc) is 3.14. The predicted octanol–water partition coefficient (Wildman–Crippen LogP) is 3.54. The summed E-state index contributed by atoms with van der Waals surface area (Å²) in [6.07, 6.45) is 6.34. The fourth-order valence-electron chi connectivity index (χ4n) is 1.91. The summed E-state index contributed by atoms with van der Waals surface area (Å²) >= 11 is 3.41. The Bertz CT molecular complexity index is 733. The van der Waals surface area contributed by atoms with E-state index in [-0.39, 0.29) is 5.91 Å². The molecule has 0 aliphatic heterocycles. The molecule has 3 aromatic rings. The van der Waals surface area contributed by atoms with Gasteiger partial charge in [-0.1, -0.05) is 28.1 Å². The molecular weight excluding hydrogens is 334 g/mol. The van der Waals surface area contributed by atoms with Crippen LogP contribution in [-0.2, 0) is 6.54 Å². The van der Waals surface area contributed by atoms with E-state index in [9.17, 15) is 4.79 Å². The lowest BCUT2D eigenvalue weighted by Gasteiger charge is -2.08. The molecule has 0 atom stereocenters. The van der Waals surface area contributed by atoms with Crippen molar-refractivity contribution in [3.8, 4) is 0 Å². The van der Waals surface area contributed by atoms with Crippen LogP contribution in [0.15, 0.2) is 64.1 Å². The molecular formula is C15H12BrN3O2. The molecule has 1 aromatic carbocycles. The van der Waals surface area contributed by atoms with E-state index in [4.69, 9.17) is 4.42 Å². The molecule has 6 heteroatoms. The molecule has 1 amide bonds. The summed E-state index contributed by atoms with van der Waals surface area (Å²) in [7, 11) is 0. The molecule has 0 radical (unpaired) electrons. The maximum absolute atomic E-state index is 12.0. The third-order valence-electron chi connectivity index (χ3n) is 2.99. The maximum atomic E-state index is 12.0. The van der Waals surface area contributed by atoms with Gasteiger partial charge < -0.3 is 8.98 Å². The smallest absolute Gasteiger partial charge is 0.261 e. The number of carbonyl (C=O) groups excluding carboxylic acids is 1. The molecule has 0 aliphatic carbocycles. The molecule has 0 bridgehead atoms. The van der Waals surface area contributed by atoms with Gasteiger partial charge in [0, 0.05) is 16.9 Å². The van der Waals surface area contributed by atoms with E-state index in [1.54, 1.807) is 12.3 Å². The van der Waals surface area contributed by atoms with Crippen LogP contribution >= 0.6 is 15.9 Å². The molecule has 0 aliphatic rings. The van der Waals surface area contributed by atoms with Gasteiger partial charge in [0.15, 0.2) is 0 Å². The number of halogens is 1. The van der Waals surface area contributed by atoms with E-state index in [1.165, 1.54) is 12.5 Å². The summed E-state index contributed by atoms with van der Waals surface area (Å²) in [6.45, 7) is 0.633. The summed E-state index contributed by atoms with van der Waals surface area (Å²) in [5.41, 5.74) is 1.59. The first-order chi connectivity index (χ1) is 10.2. The van der Waals surface area contributed by atoms with Gasteiger partial charge in [-0.3, -0.25) is 10.1 Å². The molecule has 0 saturated carbocycles. The van der Waals surface area contributed by atoms with Crippen LogP contribution in [0.1, 0.15) is 15.9 Å². The summed E-state index contributed by atoms with van der Waals surface area (Å²) in [5.74, 6) is 0.260. The van der Waals surface area contributed by atoms with Crippen molar-refractivity contribution in [2.75, 3.05) is 5.32 Å². The largest absolute Gasteiger partial charge is 0.472 e. The van der Waals surface area contributed by atoms with Gasteiger partial charge in [0.25, 0.3) is 5.91 Å². The molecule has 1 N–H and O–H groups in total. The molecule has 2 heterocycles. The van der Waals surface area contributed by atoms with Gasteiger partial charge in [0.05, 0.1) is 18.4 Å². The lowest BCUT2D eigenvalue weighted by Crippen LogP contribution is -2.15. The summed E-state index contributed by atoms with van der Waals surface area (Å²) < 4.78 is 7.81. The number of nitrogens with one attached hydrogen (secondary N) is 1. The number of anilines is 1. The normalized spacial score (nSPS) is 10.5. The third kappa shape index (κ3) is 3.22. The second-order valence-electron chi connectivity index (χ2n) is 4.47. The molecule has 5 nitrogen and oxygen atoms in total. The van der Waals surface area contributed by atoms with Gasteiger partial charge in [-0.05, 0) is 23.8 Å². The zero-order valence-corrected chi connectivity index (χ0v) is 12.6. The highest BCUT2D eigenvalue weighted by Gasteiger charge is 2.11. The number of rotatable bonds is 4. The Labute approximate surface area is 129 Å². The molecule has 21 heavy (non-hydrogen) atoms.